The van der Waals surface area contributed by atoms with Crippen LogP contribution in [-0.2, 0) is 39.7 Å². The van der Waals surface area contributed by atoms with Crippen molar-refractivity contribution in [2.45, 2.75) is 104 Å². The maximum atomic E-state index is 13.7. The number of hydrogen-bond donors (Lipinski definition) is 5. The number of rotatable bonds is 22. The van der Waals surface area contributed by atoms with Crippen LogP contribution in [0.4, 0.5) is 4.79 Å². The first-order chi connectivity index (χ1) is 35.3. The molecule has 6 aromatic rings. The van der Waals surface area contributed by atoms with Gasteiger partial charge in [0.05, 0.1) is 31.3 Å². The Balaban J connectivity index is 0.000000802. The number of amides is 3. The first kappa shape index (κ1) is 66.9. The van der Waals surface area contributed by atoms with Crippen LogP contribution in [0.1, 0.15) is 110 Å². The zero-order valence-corrected chi connectivity index (χ0v) is 47.8. The van der Waals surface area contributed by atoms with Crippen molar-refractivity contribution >= 4 is 37.9 Å². The van der Waals surface area contributed by atoms with Gasteiger partial charge in [0.2, 0.25) is 11.8 Å². The van der Waals surface area contributed by atoms with E-state index >= 15 is 0 Å². The number of ketones is 2. The summed E-state index contributed by atoms with van der Waals surface area (Å²) in [7, 11) is 0. The average Bonchev–Trinajstić information content (AvgIpc) is 3.40. The van der Waals surface area contributed by atoms with E-state index in [0.717, 1.165) is 33.4 Å². The van der Waals surface area contributed by atoms with Gasteiger partial charge < -0.3 is 37.9 Å². The molecule has 6 N–H and O–H groups in total. The topological polar surface area (TPSA) is 178 Å². The molecular weight excluding hydrogens is 973 g/mol. The van der Waals surface area contributed by atoms with E-state index in [2.05, 4.69) is 21.3 Å². The molecule has 0 unspecified atom stereocenters. The standard InChI is InChI=1S/C37H49N3O5.C25H26N2O2.CH4.B.Na.H/c1-27(32(41)25-38-24-31(26-44-35(2,3)4)39-34(43)45-36(5,6)7)23-33(42)40-37(28-17-11-8-12-18-28,29-19-13-9-14-20-29)30-21-15-10-16-22-30;1-19(23(28)18-26)17-24(29)27-25(20-11-5-2-6-12-20,21-13-7-3-8-14-21)22-15-9-4-10-16-22;;;;/h8-22,27,31,38H,23-26H2,1-7H3,(H,39,43)(H,40,42);2-16,19H,17-18,26H2,1H3,(H,27,29);1H4;;;/q;;;;+1;-1/t27-,31+;19-;;;;/m00..../s1. The van der Waals surface area contributed by atoms with Crippen LogP contribution in [0, 0.1) is 11.8 Å². The number of hydrogen-bond acceptors (Lipinski definition) is 9. The van der Waals surface area contributed by atoms with E-state index in [-0.39, 0.29) is 103 Å². The van der Waals surface area contributed by atoms with Crippen molar-refractivity contribution in [2.75, 3.05) is 26.2 Å². The SMILES string of the molecule is C.C[C@@H](CC(=O)NC(c1ccccc1)(c1ccccc1)c1ccccc1)C(=O)CN.C[C@@H](CC(=O)NC(c1ccccc1)(c1ccccc1)c1ccccc1)C(=O)CNC[C@H](COC(C)(C)C)NC(=O)OC(C)(C)C.[B].[H-].[Na+]. The quantitative estimate of drug-likeness (QED) is 0.0354. The third kappa shape index (κ3) is 20.0. The molecule has 12 nitrogen and oxygen atoms in total. The van der Waals surface area contributed by atoms with E-state index in [1.807, 2.05) is 203 Å². The number of ether oxygens (including phenoxy) is 2. The Morgan fingerprint density at radius 2 is 0.805 bits per heavy atom. The van der Waals surface area contributed by atoms with Crippen LogP contribution in [-0.4, -0.2) is 81.4 Å². The van der Waals surface area contributed by atoms with Crippen LogP contribution in [0.5, 0.6) is 0 Å². The van der Waals surface area contributed by atoms with Crippen molar-refractivity contribution in [1.29, 1.82) is 0 Å². The summed E-state index contributed by atoms with van der Waals surface area (Å²) < 4.78 is 11.3. The molecule has 6 rings (SSSR count). The maximum absolute atomic E-state index is 13.7. The molecule has 3 radical (unpaired) electrons. The number of alkyl carbamates (subject to hydrolysis) is 1. The molecule has 0 saturated carbocycles. The molecule has 3 atom stereocenters. The van der Waals surface area contributed by atoms with E-state index in [1.165, 1.54) is 0 Å². The van der Waals surface area contributed by atoms with Crippen molar-refractivity contribution in [3.63, 3.8) is 0 Å². The molecule has 14 heteroatoms. The molecule has 0 heterocycles. The first-order valence-corrected chi connectivity index (χ1v) is 25.3. The van der Waals surface area contributed by atoms with E-state index in [4.69, 9.17) is 15.2 Å². The van der Waals surface area contributed by atoms with Crippen molar-refractivity contribution < 1.29 is 64.4 Å². The van der Waals surface area contributed by atoms with Crippen LogP contribution in [0.15, 0.2) is 182 Å². The molecule has 77 heavy (non-hydrogen) atoms. The summed E-state index contributed by atoms with van der Waals surface area (Å²) in [6, 6.07) is 58.9. The number of carbonyl (C=O) groups excluding carboxylic acids is 5. The largest absolute Gasteiger partial charge is 1.00 e. The normalized spacial score (nSPS) is 12.4. The fourth-order valence-electron chi connectivity index (χ4n) is 8.59. The fraction of sp³-hybridized carbons (Fsp3) is 0.349. The molecular formula is C63H80BN5NaO7. The minimum Gasteiger partial charge on any atom is -1.00 e. The van der Waals surface area contributed by atoms with Gasteiger partial charge in [-0.25, -0.2) is 4.79 Å². The van der Waals surface area contributed by atoms with Crippen LogP contribution in [0.3, 0.4) is 0 Å². The zero-order valence-electron chi connectivity index (χ0n) is 46.8. The Morgan fingerprint density at radius 3 is 1.08 bits per heavy atom. The summed E-state index contributed by atoms with van der Waals surface area (Å²) in [5, 5.41) is 12.5. The molecule has 403 valence electrons. The Hall–Kier alpha value is -6.19. The molecule has 0 saturated heterocycles. The van der Waals surface area contributed by atoms with Gasteiger partial charge in [-0.3, -0.25) is 19.2 Å². The molecule has 0 aliphatic carbocycles. The Kier molecular flexibility index (Phi) is 27.7. The van der Waals surface area contributed by atoms with Gasteiger partial charge >= 0.3 is 35.7 Å². The van der Waals surface area contributed by atoms with Gasteiger partial charge in [-0.1, -0.05) is 203 Å². The number of nitrogens with one attached hydrogen (secondary N) is 4. The van der Waals surface area contributed by atoms with Gasteiger partial charge in [0.1, 0.15) is 28.2 Å². The van der Waals surface area contributed by atoms with Gasteiger partial charge in [0.15, 0.2) is 0 Å². The summed E-state index contributed by atoms with van der Waals surface area (Å²) in [6.45, 7) is 15.2. The molecule has 0 fully saturated rings. The summed E-state index contributed by atoms with van der Waals surface area (Å²) in [5.41, 5.74) is 8.19. The third-order valence-electron chi connectivity index (χ3n) is 12.3. The summed E-state index contributed by atoms with van der Waals surface area (Å²) in [4.78, 5) is 64.3. The monoisotopic (exact) mass is 1050 g/mol. The van der Waals surface area contributed by atoms with Gasteiger partial charge in [-0.2, -0.15) is 0 Å². The fourth-order valence-corrected chi connectivity index (χ4v) is 8.59. The Morgan fingerprint density at radius 1 is 0.506 bits per heavy atom. The second kappa shape index (κ2) is 31.9. The van der Waals surface area contributed by atoms with Crippen molar-refractivity contribution in [3.8, 4) is 0 Å². The second-order valence-corrected chi connectivity index (χ2v) is 20.5. The van der Waals surface area contributed by atoms with Crippen LogP contribution >= 0.6 is 0 Å². The molecule has 0 spiro atoms. The summed E-state index contributed by atoms with van der Waals surface area (Å²) in [5.74, 6) is -1.64. The van der Waals surface area contributed by atoms with E-state index < -0.39 is 46.3 Å². The minimum atomic E-state index is -0.949. The third-order valence-corrected chi connectivity index (χ3v) is 12.3. The molecule has 3 amide bonds. The van der Waals surface area contributed by atoms with Gasteiger partial charge in [-0.05, 0) is 74.9 Å². The Bertz CT molecular complexity index is 2510. The molecule has 0 aliphatic rings. The van der Waals surface area contributed by atoms with Crippen molar-refractivity contribution in [3.05, 3.63) is 215 Å². The van der Waals surface area contributed by atoms with E-state index in [9.17, 15) is 24.0 Å². The average molecular weight is 1050 g/mol. The van der Waals surface area contributed by atoms with E-state index in [1.54, 1.807) is 34.6 Å². The smallest absolute Gasteiger partial charge is 1.00 e. The predicted octanol–water partition coefficient (Wildman–Crippen LogP) is 7.01. The Labute approximate surface area is 483 Å². The number of nitrogens with two attached hydrogens (primary N) is 1. The number of benzene rings is 6. The first-order valence-electron chi connectivity index (χ1n) is 25.3. The molecule has 0 aromatic heterocycles. The van der Waals surface area contributed by atoms with Gasteiger partial charge in [-0.15, -0.1) is 0 Å². The van der Waals surface area contributed by atoms with Gasteiger partial charge in [0.25, 0.3) is 0 Å². The van der Waals surface area contributed by atoms with Gasteiger partial charge in [0, 0.05) is 39.6 Å². The summed E-state index contributed by atoms with van der Waals surface area (Å²) in [6.07, 6.45) is -0.451. The maximum Gasteiger partial charge on any atom is 1.00 e. The molecule has 0 bridgehead atoms. The van der Waals surface area contributed by atoms with Crippen LogP contribution in [0.2, 0.25) is 0 Å². The van der Waals surface area contributed by atoms with E-state index in [0.29, 0.717) is 6.54 Å². The number of Topliss-reactive ketones (excluding diaryl/α,β-unsaturated/α-hetero) is 2. The summed E-state index contributed by atoms with van der Waals surface area (Å²) >= 11 is 0. The van der Waals surface area contributed by atoms with Crippen LogP contribution < -0.4 is 56.6 Å². The van der Waals surface area contributed by atoms with Crippen molar-refractivity contribution in [1.82, 2.24) is 21.3 Å². The number of carbonyl (C=O) groups is 5. The minimum absolute atomic E-state index is 0. The molecule has 0 aliphatic heterocycles. The zero-order chi connectivity index (χ0) is 53.8. The van der Waals surface area contributed by atoms with Crippen LogP contribution in [0.25, 0.3) is 0 Å². The molecule has 6 aromatic carbocycles. The van der Waals surface area contributed by atoms with Crippen molar-refractivity contribution in [2.24, 2.45) is 17.6 Å². The predicted molar refractivity (Wildman–Crippen MR) is 307 cm³/mol. The second-order valence-electron chi connectivity index (χ2n) is 20.5.